The number of aromatic nitrogens is 3. The lowest BCUT2D eigenvalue weighted by atomic mass is 9.81. The summed E-state index contributed by atoms with van der Waals surface area (Å²) in [6, 6.07) is 2.66. The van der Waals surface area contributed by atoms with Crippen LogP contribution in [-0.2, 0) is 4.74 Å². The van der Waals surface area contributed by atoms with Crippen molar-refractivity contribution in [2.75, 3.05) is 44.5 Å². The Morgan fingerprint density at radius 1 is 1.35 bits per heavy atom. The summed E-state index contributed by atoms with van der Waals surface area (Å²) in [5.41, 5.74) is 0.920. The lowest BCUT2D eigenvalue weighted by molar-refractivity contribution is 0.121. The number of hydrogen-bond acceptors (Lipinski definition) is 6. The maximum absolute atomic E-state index is 5.34. The van der Waals surface area contributed by atoms with Crippen molar-refractivity contribution in [1.82, 2.24) is 19.3 Å². The van der Waals surface area contributed by atoms with E-state index >= 15 is 0 Å². The van der Waals surface area contributed by atoms with Gasteiger partial charge in [-0.2, -0.15) is 0 Å². The molecule has 0 amide bonds. The third-order valence-electron chi connectivity index (χ3n) is 5.80. The van der Waals surface area contributed by atoms with Crippen LogP contribution in [0.25, 0.3) is 11.0 Å². The standard InChI is InChI=1S/C19H29N5OS/c1-23(19-17-5-6-20-18(17)21-13-22-19)16-8-15(9-16)12-26-24-7-3-4-14(10-24)11-25-2/h5-6,13-16H,3-4,7-12H2,1-2H3,(H,20,21,22). The topological polar surface area (TPSA) is 57.3 Å². The molecule has 142 valence electrons. The molecule has 0 radical (unpaired) electrons. The van der Waals surface area contributed by atoms with Crippen LogP contribution in [0, 0.1) is 11.8 Å². The van der Waals surface area contributed by atoms with Crippen LogP contribution in [0.3, 0.4) is 0 Å². The first-order valence-corrected chi connectivity index (χ1v) is 10.6. The van der Waals surface area contributed by atoms with Gasteiger partial charge in [-0.15, -0.1) is 0 Å². The van der Waals surface area contributed by atoms with Gasteiger partial charge in [0.05, 0.1) is 12.0 Å². The molecule has 26 heavy (non-hydrogen) atoms. The van der Waals surface area contributed by atoms with E-state index in [0.717, 1.165) is 29.4 Å². The Morgan fingerprint density at radius 2 is 2.23 bits per heavy atom. The first kappa shape index (κ1) is 18.1. The Labute approximate surface area is 159 Å². The molecule has 1 aliphatic heterocycles. The number of fused-ring (bicyclic) bond motifs is 1. The number of nitrogens with one attached hydrogen (secondary N) is 1. The molecule has 1 saturated heterocycles. The van der Waals surface area contributed by atoms with Crippen LogP contribution < -0.4 is 4.90 Å². The van der Waals surface area contributed by atoms with Crippen molar-refractivity contribution >= 4 is 28.8 Å². The number of methoxy groups -OCH3 is 1. The molecule has 2 aromatic heterocycles. The smallest absolute Gasteiger partial charge is 0.142 e. The minimum Gasteiger partial charge on any atom is -0.384 e. The molecule has 2 fully saturated rings. The van der Waals surface area contributed by atoms with Crippen molar-refractivity contribution in [3.63, 3.8) is 0 Å². The van der Waals surface area contributed by atoms with Gasteiger partial charge < -0.3 is 14.6 Å². The van der Waals surface area contributed by atoms with Crippen LogP contribution in [0.1, 0.15) is 25.7 Å². The van der Waals surface area contributed by atoms with Crippen LogP contribution in [0.2, 0.25) is 0 Å². The molecule has 2 aliphatic rings. The zero-order valence-corrected chi connectivity index (χ0v) is 16.5. The summed E-state index contributed by atoms with van der Waals surface area (Å²) in [5, 5.41) is 1.12. The number of H-pyrrole nitrogens is 1. The van der Waals surface area contributed by atoms with Gasteiger partial charge in [-0.3, -0.25) is 4.31 Å². The Morgan fingerprint density at radius 3 is 3.08 bits per heavy atom. The lowest BCUT2D eigenvalue weighted by Crippen LogP contribution is -2.44. The van der Waals surface area contributed by atoms with Crippen molar-refractivity contribution in [1.29, 1.82) is 0 Å². The van der Waals surface area contributed by atoms with Gasteiger partial charge in [0, 0.05) is 45.2 Å². The van der Waals surface area contributed by atoms with E-state index in [9.17, 15) is 0 Å². The molecule has 6 nitrogen and oxygen atoms in total. The Bertz CT molecular complexity index is 715. The monoisotopic (exact) mass is 375 g/mol. The van der Waals surface area contributed by atoms with Crippen LogP contribution in [0.5, 0.6) is 0 Å². The summed E-state index contributed by atoms with van der Waals surface area (Å²) in [6.45, 7) is 3.31. The third kappa shape index (κ3) is 3.85. The fourth-order valence-corrected chi connectivity index (χ4v) is 5.46. The van der Waals surface area contributed by atoms with E-state index in [1.165, 1.54) is 44.5 Å². The molecule has 1 saturated carbocycles. The summed E-state index contributed by atoms with van der Waals surface area (Å²) in [7, 11) is 3.98. The van der Waals surface area contributed by atoms with Crippen LogP contribution in [0.15, 0.2) is 18.6 Å². The van der Waals surface area contributed by atoms with E-state index in [2.05, 4.69) is 49.2 Å². The summed E-state index contributed by atoms with van der Waals surface area (Å²) in [6.07, 6.45) is 8.73. The summed E-state index contributed by atoms with van der Waals surface area (Å²) >= 11 is 2.05. The van der Waals surface area contributed by atoms with Gasteiger partial charge in [0.2, 0.25) is 0 Å². The maximum Gasteiger partial charge on any atom is 0.142 e. The number of aromatic amines is 1. The van der Waals surface area contributed by atoms with Gasteiger partial charge in [0.1, 0.15) is 17.8 Å². The predicted molar refractivity (Wildman–Crippen MR) is 107 cm³/mol. The molecular weight excluding hydrogens is 346 g/mol. The molecule has 2 aromatic rings. The molecule has 0 aromatic carbocycles. The quantitative estimate of drug-likeness (QED) is 0.750. The van der Waals surface area contributed by atoms with Gasteiger partial charge in [-0.1, -0.05) is 11.9 Å². The average Bonchev–Trinajstić information content (AvgIpc) is 3.09. The highest BCUT2D eigenvalue weighted by atomic mass is 32.2. The van der Waals surface area contributed by atoms with Crippen molar-refractivity contribution in [3.05, 3.63) is 18.6 Å². The van der Waals surface area contributed by atoms with Crippen molar-refractivity contribution in [2.45, 2.75) is 31.7 Å². The van der Waals surface area contributed by atoms with E-state index in [-0.39, 0.29) is 0 Å². The molecule has 1 unspecified atom stereocenters. The van der Waals surface area contributed by atoms with Crippen molar-refractivity contribution in [2.24, 2.45) is 11.8 Å². The van der Waals surface area contributed by atoms with Gasteiger partial charge in [-0.05, 0) is 43.6 Å². The zero-order valence-electron chi connectivity index (χ0n) is 15.7. The van der Waals surface area contributed by atoms with E-state index in [0.29, 0.717) is 12.0 Å². The first-order chi connectivity index (χ1) is 12.7. The number of piperidine rings is 1. The fourth-order valence-electron chi connectivity index (χ4n) is 4.19. The second kappa shape index (κ2) is 8.15. The lowest BCUT2D eigenvalue weighted by Gasteiger charge is -2.42. The second-order valence-electron chi connectivity index (χ2n) is 7.69. The number of hydrogen-bond donors (Lipinski definition) is 1. The molecule has 0 bridgehead atoms. The number of ether oxygens (including phenoxy) is 1. The predicted octanol–water partition coefficient (Wildman–Crippen LogP) is 3.18. The van der Waals surface area contributed by atoms with E-state index < -0.39 is 0 Å². The molecule has 7 heteroatoms. The Kier molecular flexibility index (Phi) is 5.66. The summed E-state index contributed by atoms with van der Waals surface area (Å²) in [4.78, 5) is 14.3. The number of rotatable bonds is 7. The molecule has 1 N–H and O–H groups in total. The van der Waals surface area contributed by atoms with Crippen molar-refractivity contribution < 1.29 is 4.74 Å². The molecule has 1 atom stereocenters. The van der Waals surface area contributed by atoms with Gasteiger partial charge >= 0.3 is 0 Å². The first-order valence-electron chi connectivity index (χ1n) is 9.62. The van der Waals surface area contributed by atoms with Crippen LogP contribution in [-0.4, -0.2) is 64.9 Å². The van der Waals surface area contributed by atoms with Gasteiger partial charge in [0.15, 0.2) is 0 Å². The second-order valence-corrected chi connectivity index (χ2v) is 8.79. The highest BCUT2D eigenvalue weighted by molar-refractivity contribution is 7.97. The van der Waals surface area contributed by atoms with Gasteiger partial charge in [0.25, 0.3) is 0 Å². The van der Waals surface area contributed by atoms with Crippen LogP contribution in [0.4, 0.5) is 5.82 Å². The molecule has 1 aliphatic carbocycles. The van der Waals surface area contributed by atoms with E-state index in [1.807, 2.05) is 13.3 Å². The van der Waals surface area contributed by atoms with Crippen molar-refractivity contribution in [3.8, 4) is 0 Å². The highest BCUT2D eigenvalue weighted by Crippen LogP contribution is 2.37. The Balaban J connectivity index is 1.24. The Hall–Kier alpha value is -1.31. The average molecular weight is 376 g/mol. The van der Waals surface area contributed by atoms with Gasteiger partial charge in [-0.25, -0.2) is 9.97 Å². The van der Waals surface area contributed by atoms with E-state index in [4.69, 9.17) is 4.74 Å². The number of anilines is 1. The summed E-state index contributed by atoms with van der Waals surface area (Å²) < 4.78 is 7.91. The summed E-state index contributed by atoms with van der Waals surface area (Å²) in [5.74, 6) is 3.82. The minimum atomic E-state index is 0.594. The third-order valence-corrected chi connectivity index (χ3v) is 7.12. The molecule has 4 rings (SSSR count). The normalized spacial score (nSPS) is 26.8. The minimum absolute atomic E-state index is 0.594. The largest absolute Gasteiger partial charge is 0.384 e. The number of nitrogens with zero attached hydrogens (tertiary/aromatic N) is 4. The fraction of sp³-hybridized carbons (Fsp3) is 0.684. The zero-order chi connectivity index (χ0) is 17.9. The molecular formula is C19H29N5OS. The highest BCUT2D eigenvalue weighted by Gasteiger charge is 2.34. The maximum atomic E-state index is 5.34. The SMILES string of the molecule is COCC1CCCN(SCC2CC(N(C)c3ncnc4[nH]ccc34)C2)C1. The molecule has 0 spiro atoms. The van der Waals surface area contributed by atoms with E-state index in [1.54, 1.807) is 6.33 Å². The molecule has 3 heterocycles. The van der Waals surface area contributed by atoms with Crippen LogP contribution >= 0.6 is 11.9 Å².